The van der Waals surface area contributed by atoms with Crippen LogP contribution in [-0.2, 0) is 6.54 Å². The van der Waals surface area contributed by atoms with E-state index in [-0.39, 0.29) is 5.91 Å². The first-order valence-electron chi connectivity index (χ1n) is 14.2. The Bertz CT molecular complexity index is 1490. The van der Waals surface area contributed by atoms with Crippen LogP contribution in [0.3, 0.4) is 0 Å². The van der Waals surface area contributed by atoms with Crippen molar-refractivity contribution in [1.29, 1.82) is 0 Å². The predicted molar refractivity (Wildman–Crippen MR) is 166 cm³/mol. The van der Waals surface area contributed by atoms with Crippen LogP contribution in [0.4, 0.5) is 10.6 Å². The number of rotatable bonds is 13. The van der Waals surface area contributed by atoms with Crippen molar-refractivity contribution >= 4 is 40.5 Å². The molecule has 0 aliphatic rings. The van der Waals surface area contributed by atoms with Crippen LogP contribution >= 0.6 is 11.6 Å². The fraction of sp³-hybridized carbons (Fsp3) is 0.387. The summed E-state index contributed by atoms with van der Waals surface area (Å²) in [7, 11) is 3.97. The molecule has 3 aromatic heterocycles. The Labute approximate surface area is 251 Å². The first-order chi connectivity index (χ1) is 20.2. The summed E-state index contributed by atoms with van der Waals surface area (Å²) in [5.74, 6) is 1.12. The second-order valence-corrected chi connectivity index (χ2v) is 11.3. The van der Waals surface area contributed by atoms with Gasteiger partial charge in [-0.25, -0.2) is 14.5 Å². The van der Waals surface area contributed by atoms with Gasteiger partial charge in [-0.2, -0.15) is 5.10 Å². The number of halogens is 1. The number of aryl methyl sites for hydroxylation is 1. The number of carbonyl (C=O) groups is 2. The second kappa shape index (κ2) is 14.7. The molecule has 3 heterocycles. The van der Waals surface area contributed by atoms with E-state index >= 15 is 0 Å². The normalized spacial score (nSPS) is 11.3. The van der Waals surface area contributed by atoms with Crippen LogP contribution in [0.25, 0.3) is 22.3 Å². The van der Waals surface area contributed by atoms with Gasteiger partial charge < -0.3 is 20.3 Å². The van der Waals surface area contributed by atoms with E-state index in [4.69, 9.17) is 26.4 Å². The fourth-order valence-electron chi connectivity index (χ4n) is 4.42. The molecule has 2 amide bonds. The molecule has 42 heavy (non-hydrogen) atoms. The highest BCUT2D eigenvalue weighted by Crippen LogP contribution is 2.33. The Hall–Kier alpha value is -4.02. The van der Waals surface area contributed by atoms with E-state index in [1.165, 1.54) is 6.20 Å². The molecule has 11 heteroatoms. The maximum Gasteiger partial charge on any atom is 0.412 e. The van der Waals surface area contributed by atoms with Crippen LogP contribution in [0.1, 0.15) is 49.9 Å². The van der Waals surface area contributed by atoms with Crippen molar-refractivity contribution in [3.05, 3.63) is 65.4 Å². The summed E-state index contributed by atoms with van der Waals surface area (Å²) in [5.41, 5.74) is 2.38. The summed E-state index contributed by atoms with van der Waals surface area (Å²) in [6.45, 7) is 6.48. The number of carbonyl (C=O) groups excluding carboxylic acids is 2. The minimum absolute atomic E-state index is 0.313. The highest BCUT2D eigenvalue weighted by Gasteiger charge is 2.19. The first kappa shape index (κ1) is 30.9. The molecule has 2 N–H and O–H groups in total. The summed E-state index contributed by atoms with van der Waals surface area (Å²) in [6.07, 6.45) is 6.56. The highest BCUT2D eigenvalue weighted by atomic mass is 35.5. The third-order valence-electron chi connectivity index (χ3n) is 6.62. The molecule has 4 rings (SSSR count). The van der Waals surface area contributed by atoms with Gasteiger partial charge in [-0.05, 0) is 81.9 Å². The Kier molecular flexibility index (Phi) is 10.9. The summed E-state index contributed by atoms with van der Waals surface area (Å²) < 4.78 is 7.23. The van der Waals surface area contributed by atoms with Gasteiger partial charge in [-0.15, -0.1) is 0 Å². The molecule has 0 fully saturated rings. The third-order valence-corrected chi connectivity index (χ3v) is 6.91. The highest BCUT2D eigenvalue weighted by molar-refractivity contribution is 6.34. The lowest BCUT2D eigenvalue weighted by atomic mass is 10.1. The molecule has 0 aliphatic carbocycles. The number of pyridine rings is 2. The Morgan fingerprint density at radius 1 is 1.10 bits per heavy atom. The number of nitrogens with zero attached hydrogens (tertiary/aromatic N) is 5. The van der Waals surface area contributed by atoms with E-state index in [0.717, 1.165) is 37.8 Å². The van der Waals surface area contributed by atoms with Crippen molar-refractivity contribution in [3.63, 3.8) is 0 Å². The molecular formula is C31H38ClN7O3. The smallest absolute Gasteiger partial charge is 0.410 e. The summed E-state index contributed by atoms with van der Waals surface area (Å²) in [6, 6.07) is 12.2. The molecule has 0 saturated heterocycles. The van der Waals surface area contributed by atoms with E-state index in [1.54, 1.807) is 36.5 Å². The minimum atomic E-state index is -0.499. The number of benzene rings is 1. The Balaban J connectivity index is 1.55. The van der Waals surface area contributed by atoms with Crippen LogP contribution < -0.4 is 15.4 Å². The second-order valence-electron chi connectivity index (χ2n) is 10.8. The number of unbranched alkanes of at least 4 members (excludes halogenated alkanes) is 1. The van der Waals surface area contributed by atoms with Crippen LogP contribution in [0.15, 0.2) is 54.9 Å². The molecule has 0 radical (unpaired) electrons. The van der Waals surface area contributed by atoms with E-state index in [1.807, 2.05) is 30.9 Å². The fourth-order valence-corrected chi connectivity index (χ4v) is 4.68. The van der Waals surface area contributed by atoms with Crippen molar-refractivity contribution in [1.82, 2.24) is 30.0 Å². The average Bonchev–Trinajstić information content (AvgIpc) is 3.29. The van der Waals surface area contributed by atoms with Gasteiger partial charge >= 0.3 is 6.09 Å². The molecule has 1 aromatic carbocycles. The Morgan fingerprint density at radius 2 is 1.88 bits per heavy atom. The number of aromatic nitrogens is 4. The van der Waals surface area contributed by atoms with Crippen LogP contribution in [0.2, 0.25) is 5.02 Å². The van der Waals surface area contributed by atoms with Gasteiger partial charge in [0.25, 0.3) is 5.91 Å². The molecule has 0 saturated carbocycles. The van der Waals surface area contributed by atoms with Crippen molar-refractivity contribution in [2.24, 2.45) is 5.92 Å². The van der Waals surface area contributed by atoms with E-state index in [2.05, 4.69) is 34.4 Å². The number of nitrogens with one attached hydrogen (secondary N) is 2. The molecule has 222 valence electrons. The van der Waals surface area contributed by atoms with E-state index < -0.39 is 6.09 Å². The van der Waals surface area contributed by atoms with Crippen LogP contribution in [-0.4, -0.2) is 63.8 Å². The number of fused-ring (bicyclic) bond motifs is 1. The lowest BCUT2D eigenvalue weighted by Gasteiger charge is -2.11. The SMILES string of the molecule is CC(C)CCCCn1nc(NC(=O)c2cccnc2)c2cc(Cl)c(-c3ccc(OC(=O)NCCCN(C)C)cc3)nc21. The molecule has 0 aliphatic heterocycles. The Morgan fingerprint density at radius 3 is 2.57 bits per heavy atom. The predicted octanol–water partition coefficient (Wildman–Crippen LogP) is 6.27. The number of amides is 2. The lowest BCUT2D eigenvalue weighted by Crippen LogP contribution is -2.29. The van der Waals surface area contributed by atoms with Crippen molar-refractivity contribution in [2.75, 3.05) is 32.5 Å². The topological polar surface area (TPSA) is 114 Å². The third kappa shape index (κ3) is 8.50. The number of hydrogen-bond acceptors (Lipinski definition) is 7. The standard InChI is InChI=1S/C31H38ClN7O3/c1-21(2)9-5-6-18-39-29-25(28(37-39)36-30(40)23-10-7-15-33-20-23)19-26(32)27(35-29)22-11-13-24(14-12-22)42-31(41)34-16-8-17-38(3)4/h7,10-15,19-21H,5-6,8-9,16-18H2,1-4H3,(H,34,41)(H,36,37,40). The van der Waals surface area contributed by atoms with Gasteiger partial charge in [0.15, 0.2) is 11.5 Å². The monoisotopic (exact) mass is 591 g/mol. The number of ether oxygens (including phenoxy) is 1. The molecule has 0 atom stereocenters. The molecule has 0 unspecified atom stereocenters. The van der Waals surface area contributed by atoms with Gasteiger partial charge in [0.05, 0.1) is 21.7 Å². The molecule has 4 aromatic rings. The quantitative estimate of drug-likeness (QED) is 0.176. The summed E-state index contributed by atoms with van der Waals surface area (Å²) >= 11 is 6.73. The maximum absolute atomic E-state index is 12.9. The van der Waals surface area contributed by atoms with Crippen molar-refractivity contribution in [2.45, 2.75) is 46.1 Å². The molecule has 0 bridgehead atoms. The average molecular weight is 592 g/mol. The van der Waals surface area contributed by atoms with Gasteiger partial charge in [-0.3, -0.25) is 9.78 Å². The first-order valence-corrected chi connectivity index (χ1v) is 14.6. The van der Waals surface area contributed by atoms with E-state index in [0.29, 0.717) is 57.9 Å². The lowest BCUT2D eigenvalue weighted by molar-refractivity contribution is 0.102. The minimum Gasteiger partial charge on any atom is -0.410 e. The zero-order chi connectivity index (χ0) is 30.1. The van der Waals surface area contributed by atoms with Gasteiger partial charge in [0.2, 0.25) is 0 Å². The van der Waals surface area contributed by atoms with E-state index in [9.17, 15) is 9.59 Å². The van der Waals surface area contributed by atoms with Gasteiger partial charge in [0, 0.05) is 31.0 Å². The summed E-state index contributed by atoms with van der Waals surface area (Å²) in [5, 5.41) is 11.4. The summed E-state index contributed by atoms with van der Waals surface area (Å²) in [4.78, 5) is 36.0. The number of hydrogen-bond donors (Lipinski definition) is 2. The van der Waals surface area contributed by atoms with Crippen molar-refractivity contribution < 1.29 is 14.3 Å². The van der Waals surface area contributed by atoms with Gasteiger partial charge in [0.1, 0.15) is 5.75 Å². The molecule has 0 spiro atoms. The zero-order valence-electron chi connectivity index (χ0n) is 24.6. The van der Waals surface area contributed by atoms with Crippen LogP contribution in [0, 0.1) is 5.92 Å². The number of anilines is 1. The largest absolute Gasteiger partial charge is 0.412 e. The molecular weight excluding hydrogens is 554 g/mol. The van der Waals surface area contributed by atoms with Gasteiger partial charge in [-0.1, -0.05) is 38.3 Å². The zero-order valence-corrected chi connectivity index (χ0v) is 25.3. The van der Waals surface area contributed by atoms with Crippen LogP contribution in [0.5, 0.6) is 5.75 Å². The maximum atomic E-state index is 12.9. The molecule has 10 nitrogen and oxygen atoms in total. The van der Waals surface area contributed by atoms with Crippen molar-refractivity contribution in [3.8, 4) is 17.0 Å².